The van der Waals surface area contributed by atoms with Crippen molar-refractivity contribution in [2.24, 2.45) is 0 Å². The van der Waals surface area contributed by atoms with Crippen molar-refractivity contribution in [3.63, 3.8) is 0 Å². The highest BCUT2D eigenvalue weighted by Gasteiger charge is 2.58. The van der Waals surface area contributed by atoms with E-state index in [1.807, 2.05) is 12.1 Å². The topological polar surface area (TPSA) is 63.4 Å². The van der Waals surface area contributed by atoms with E-state index in [0.29, 0.717) is 5.82 Å². The molecule has 0 radical (unpaired) electrons. The Morgan fingerprint density at radius 2 is 1.62 bits per heavy atom. The standard InChI is InChI=1S/C28H30N4O2/c1-32-19-27(18-29-20-32,26-30-21-34-31-26)28(23-9-5-3-6-10-23,24-11-7-4-8-12-24)17-22-13-15-25(33-2)16-14-22/h3-16,21,29H,17-20H2,1-2H3. The number of rotatable bonds is 7. The van der Waals surface area contributed by atoms with Crippen molar-refractivity contribution >= 4 is 0 Å². The molecule has 34 heavy (non-hydrogen) atoms. The lowest BCUT2D eigenvalue weighted by atomic mass is 9.53. The second kappa shape index (κ2) is 9.41. The van der Waals surface area contributed by atoms with Crippen molar-refractivity contribution in [1.29, 1.82) is 0 Å². The summed E-state index contributed by atoms with van der Waals surface area (Å²) in [6.45, 7) is 2.30. The molecule has 1 aliphatic rings. The SMILES string of the molecule is COc1ccc(CC(c2ccccc2)(c2ccccc2)C2(c3ncon3)CNCN(C)C2)cc1. The molecule has 1 N–H and O–H groups in total. The van der Waals surface area contributed by atoms with Crippen LogP contribution in [0.25, 0.3) is 0 Å². The van der Waals surface area contributed by atoms with Gasteiger partial charge in [-0.25, -0.2) is 0 Å². The molecule has 0 saturated carbocycles. The first-order chi connectivity index (χ1) is 16.7. The highest BCUT2D eigenvalue weighted by atomic mass is 16.5. The van der Waals surface area contributed by atoms with Crippen LogP contribution in [0.15, 0.2) is 95.8 Å². The molecule has 0 amide bonds. The first-order valence-electron chi connectivity index (χ1n) is 11.6. The molecule has 1 saturated heterocycles. The zero-order valence-electron chi connectivity index (χ0n) is 19.6. The Labute approximate surface area is 200 Å². The third kappa shape index (κ3) is 3.79. The minimum absolute atomic E-state index is 0.477. The Hall–Kier alpha value is -3.48. The zero-order chi connectivity index (χ0) is 23.4. The first-order valence-corrected chi connectivity index (χ1v) is 11.6. The maximum Gasteiger partial charge on any atom is 0.213 e. The predicted octanol–water partition coefficient (Wildman–Crippen LogP) is 4.04. The second-order valence-electron chi connectivity index (χ2n) is 9.10. The van der Waals surface area contributed by atoms with Gasteiger partial charge in [-0.15, -0.1) is 0 Å². The number of ether oxygens (including phenoxy) is 1. The van der Waals surface area contributed by atoms with Crippen LogP contribution in [0.3, 0.4) is 0 Å². The van der Waals surface area contributed by atoms with Crippen molar-refractivity contribution in [3.05, 3.63) is 114 Å². The lowest BCUT2D eigenvalue weighted by Gasteiger charge is -2.54. The third-order valence-electron chi connectivity index (χ3n) is 7.12. The van der Waals surface area contributed by atoms with Crippen LogP contribution >= 0.6 is 0 Å². The summed E-state index contributed by atoms with van der Waals surface area (Å²) in [5.41, 5.74) is 2.69. The number of methoxy groups -OCH3 is 1. The number of nitrogens with zero attached hydrogens (tertiary/aromatic N) is 3. The van der Waals surface area contributed by atoms with Crippen molar-refractivity contribution in [2.45, 2.75) is 17.3 Å². The summed E-state index contributed by atoms with van der Waals surface area (Å²) < 4.78 is 10.8. The zero-order valence-corrected chi connectivity index (χ0v) is 19.6. The normalized spacial score (nSPS) is 19.1. The Morgan fingerprint density at radius 1 is 0.971 bits per heavy atom. The number of benzene rings is 3. The number of nitrogens with one attached hydrogen (secondary N) is 1. The minimum atomic E-state index is -0.490. The number of hydrogen-bond acceptors (Lipinski definition) is 6. The van der Waals surface area contributed by atoms with Crippen molar-refractivity contribution in [1.82, 2.24) is 20.4 Å². The van der Waals surface area contributed by atoms with E-state index in [4.69, 9.17) is 9.26 Å². The highest BCUT2D eigenvalue weighted by molar-refractivity contribution is 5.49. The molecular formula is C28H30N4O2. The Bertz CT molecular complexity index is 1140. The van der Waals surface area contributed by atoms with E-state index >= 15 is 0 Å². The fourth-order valence-electron chi connectivity index (χ4n) is 5.63. The predicted molar refractivity (Wildman–Crippen MR) is 132 cm³/mol. The van der Waals surface area contributed by atoms with Gasteiger partial charge in [0.25, 0.3) is 0 Å². The fraction of sp³-hybridized carbons (Fsp3) is 0.286. The highest BCUT2D eigenvalue weighted by Crippen LogP contribution is 2.51. The summed E-state index contributed by atoms with van der Waals surface area (Å²) in [6, 6.07) is 29.9. The molecule has 1 unspecified atom stereocenters. The molecule has 1 aromatic heterocycles. The third-order valence-corrected chi connectivity index (χ3v) is 7.12. The average molecular weight is 455 g/mol. The van der Waals surface area contributed by atoms with E-state index in [9.17, 15) is 0 Å². The summed E-state index contributed by atoms with van der Waals surface area (Å²) in [4.78, 5) is 6.97. The molecule has 6 heteroatoms. The summed E-state index contributed by atoms with van der Waals surface area (Å²) >= 11 is 0. The van der Waals surface area contributed by atoms with Gasteiger partial charge in [0.05, 0.1) is 12.5 Å². The van der Waals surface area contributed by atoms with Crippen LogP contribution in [0.5, 0.6) is 5.75 Å². The summed E-state index contributed by atoms with van der Waals surface area (Å²) in [5, 5.41) is 8.11. The van der Waals surface area contributed by atoms with Gasteiger partial charge in [-0.05, 0) is 42.3 Å². The van der Waals surface area contributed by atoms with Crippen LogP contribution in [0.1, 0.15) is 22.5 Å². The molecule has 174 valence electrons. The fourth-order valence-corrected chi connectivity index (χ4v) is 5.63. The van der Waals surface area contributed by atoms with Gasteiger partial charge in [-0.2, -0.15) is 4.98 Å². The van der Waals surface area contributed by atoms with Crippen molar-refractivity contribution in [2.75, 3.05) is 33.9 Å². The van der Waals surface area contributed by atoms with Crippen LogP contribution in [0.2, 0.25) is 0 Å². The molecule has 5 rings (SSSR count). The van der Waals surface area contributed by atoms with E-state index < -0.39 is 10.8 Å². The van der Waals surface area contributed by atoms with Gasteiger partial charge in [-0.1, -0.05) is 78.0 Å². The molecule has 0 bridgehead atoms. The van der Waals surface area contributed by atoms with Gasteiger partial charge in [0.1, 0.15) is 5.75 Å². The van der Waals surface area contributed by atoms with Crippen LogP contribution in [-0.2, 0) is 17.3 Å². The average Bonchev–Trinajstić information content (AvgIpc) is 3.44. The second-order valence-corrected chi connectivity index (χ2v) is 9.10. The van der Waals surface area contributed by atoms with E-state index in [1.165, 1.54) is 23.1 Å². The molecule has 2 heterocycles. The van der Waals surface area contributed by atoms with E-state index in [2.05, 4.69) is 100 Å². The quantitative estimate of drug-likeness (QED) is 0.455. The van der Waals surface area contributed by atoms with Gasteiger partial charge in [0.2, 0.25) is 6.39 Å². The maximum absolute atomic E-state index is 5.43. The van der Waals surface area contributed by atoms with Crippen LogP contribution in [-0.4, -0.2) is 49.0 Å². The Balaban J connectivity index is 1.82. The molecule has 0 aliphatic carbocycles. The molecular weight excluding hydrogens is 424 g/mol. The van der Waals surface area contributed by atoms with Crippen LogP contribution < -0.4 is 10.1 Å². The molecule has 1 fully saturated rings. The maximum atomic E-state index is 5.43. The summed E-state index contributed by atoms with van der Waals surface area (Å²) in [5.74, 6) is 1.56. The van der Waals surface area contributed by atoms with E-state index in [0.717, 1.165) is 31.9 Å². The molecule has 3 aromatic carbocycles. The van der Waals surface area contributed by atoms with Gasteiger partial charge < -0.3 is 14.6 Å². The van der Waals surface area contributed by atoms with Crippen LogP contribution in [0, 0.1) is 0 Å². The first kappa shape index (κ1) is 22.3. The minimum Gasteiger partial charge on any atom is -0.497 e. The van der Waals surface area contributed by atoms with Crippen molar-refractivity contribution < 1.29 is 9.26 Å². The Kier molecular flexibility index (Phi) is 6.18. The van der Waals surface area contributed by atoms with E-state index in [1.54, 1.807) is 7.11 Å². The smallest absolute Gasteiger partial charge is 0.213 e. The molecule has 1 aliphatic heterocycles. The molecule has 0 spiro atoms. The van der Waals surface area contributed by atoms with E-state index in [-0.39, 0.29) is 0 Å². The van der Waals surface area contributed by atoms with Crippen LogP contribution in [0.4, 0.5) is 0 Å². The number of hydrogen-bond donors (Lipinski definition) is 1. The van der Waals surface area contributed by atoms with Gasteiger partial charge >= 0.3 is 0 Å². The van der Waals surface area contributed by atoms with Crippen molar-refractivity contribution in [3.8, 4) is 5.75 Å². The number of aromatic nitrogens is 2. The molecule has 6 nitrogen and oxygen atoms in total. The lowest BCUT2D eigenvalue weighted by Crippen LogP contribution is -2.66. The number of likely N-dealkylation sites (N-methyl/N-ethyl adjacent to an activating group) is 1. The molecule has 4 aromatic rings. The monoisotopic (exact) mass is 454 g/mol. The lowest BCUT2D eigenvalue weighted by molar-refractivity contribution is 0.102. The summed E-state index contributed by atoms with van der Waals surface area (Å²) in [7, 11) is 3.83. The summed E-state index contributed by atoms with van der Waals surface area (Å²) in [6.07, 6.45) is 2.20. The van der Waals surface area contributed by atoms with Gasteiger partial charge in [0, 0.05) is 25.2 Å². The van der Waals surface area contributed by atoms with Gasteiger partial charge in [0.15, 0.2) is 5.82 Å². The Morgan fingerprint density at radius 3 is 2.15 bits per heavy atom. The molecule has 1 atom stereocenters. The largest absolute Gasteiger partial charge is 0.497 e. The van der Waals surface area contributed by atoms with Gasteiger partial charge in [-0.3, -0.25) is 4.90 Å².